The summed E-state index contributed by atoms with van der Waals surface area (Å²) in [5.41, 5.74) is 13.5. The highest BCUT2D eigenvalue weighted by Crippen LogP contribution is 2.29. The van der Waals surface area contributed by atoms with Gasteiger partial charge in [0, 0.05) is 99.5 Å². The maximum Gasteiger partial charge on any atom is 0.271 e. The molecule has 8 rings (SSSR count). The van der Waals surface area contributed by atoms with Gasteiger partial charge in [0.2, 0.25) is 65.0 Å². The van der Waals surface area contributed by atoms with Crippen LogP contribution in [0, 0.1) is 17.2 Å². The summed E-state index contributed by atoms with van der Waals surface area (Å²) in [6.07, 6.45) is 12.1. The number of aromatic nitrogens is 5. The fraction of sp³-hybridized carbons (Fsp3) is 0.456. The number of guanidine groups is 1. The molecule has 1 saturated heterocycles. The maximum atomic E-state index is 15.4. The first-order valence-electron chi connectivity index (χ1n) is 38.3. The van der Waals surface area contributed by atoms with E-state index >= 15 is 9.59 Å². The van der Waals surface area contributed by atoms with Crippen LogP contribution in [-0.4, -0.2) is 210 Å². The Morgan fingerprint density at radius 3 is 1.78 bits per heavy atom. The normalized spacial score (nSPS) is 16.8. The molecule has 0 radical (unpaired) electrons. The van der Waals surface area contributed by atoms with E-state index in [4.69, 9.17) is 28.5 Å². The SMILES string of the molecule is CC(=O)N[C@@H](Cc1cnc2ccccc2c1)C(=O)N[C@@H](Cc1ccc(Cl)cc1)C(=O)N[C@@H](Cc1cccnc1)C(=O)N[C@@H](CO)C(=O)N[C@@H](CC1CCC(NC(=O)c2cnccn2)CC1)C(=O)N[C@@H](CCCCNC(=O)c1ccccn1)C(=O)N[C@H](C(=O)N[C@@H](CCCNC(=N)N)C(=O)N1CCC[C@H]1C(=O)N[C@@H](C)C(N)=O)C(C)C. The molecule has 6 aromatic rings. The van der Waals surface area contributed by atoms with Crippen LogP contribution in [0.3, 0.4) is 0 Å². The Labute approximate surface area is 670 Å². The third kappa shape index (κ3) is 27.9. The van der Waals surface area contributed by atoms with Crippen LogP contribution in [0.25, 0.3) is 10.9 Å². The third-order valence-corrected chi connectivity index (χ3v) is 20.0. The summed E-state index contributed by atoms with van der Waals surface area (Å²) in [7, 11) is 0. The number of primary amides is 1. The molecule has 0 bridgehead atoms. The predicted octanol–water partition coefficient (Wildman–Crippen LogP) is 0.266. The van der Waals surface area contributed by atoms with Gasteiger partial charge in [-0.3, -0.25) is 87.7 Å². The number of likely N-dealkylation sites (tertiary alicyclic amines) is 1. The van der Waals surface area contributed by atoms with Gasteiger partial charge in [-0.2, -0.15) is 0 Å². The van der Waals surface area contributed by atoms with Crippen molar-refractivity contribution in [3.05, 3.63) is 161 Å². The Morgan fingerprint density at radius 1 is 0.539 bits per heavy atom. The zero-order chi connectivity index (χ0) is 83.1. The van der Waals surface area contributed by atoms with Crippen LogP contribution in [0.2, 0.25) is 5.02 Å². The number of amides is 13. The van der Waals surface area contributed by atoms with Crippen molar-refractivity contribution in [3.63, 3.8) is 0 Å². The second kappa shape index (κ2) is 44.3. The first-order chi connectivity index (χ1) is 55.1. The molecule has 115 heavy (non-hydrogen) atoms. The van der Waals surface area contributed by atoms with Crippen LogP contribution in [-0.2, 0) is 72.0 Å². The number of nitrogens with zero attached hydrogens (tertiary/aromatic N) is 6. The van der Waals surface area contributed by atoms with E-state index in [9.17, 15) is 57.8 Å². The van der Waals surface area contributed by atoms with Crippen LogP contribution < -0.4 is 75.3 Å². The number of nitrogens with two attached hydrogens (primary N) is 2. The predicted molar refractivity (Wildman–Crippen MR) is 423 cm³/mol. The van der Waals surface area contributed by atoms with Crippen molar-refractivity contribution in [2.45, 2.75) is 190 Å². The molecule has 10 atom stereocenters. The van der Waals surface area contributed by atoms with Crippen LogP contribution in [0.5, 0.6) is 0 Å². The van der Waals surface area contributed by atoms with Gasteiger partial charge in [-0.1, -0.05) is 67.9 Å². The second-order valence-electron chi connectivity index (χ2n) is 29.0. The minimum absolute atomic E-state index is 0.0404. The molecule has 36 heteroatoms. The lowest BCUT2D eigenvalue weighted by Gasteiger charge is -2.33. The molecule has 0 spiro atoms. The molecule has 2 aliphatic rings. The highest BCUT2D eigenvalue weighted by atomic mass is 35.5. The smallest absolute Gasteiger partial charge is 0.271 e. The number of unbranched alkanes of at least 4 members (excludes halogenated alkanes) is 1. The summed E-state index contributed by atoms with van der Waals surface area (Å²) < 4.78 is 0. The number of fused-ring (bicyclic) bond motifs is 1. The number of pyridine rings is 3. The first kappa shape index (κ1) is 88.4. The molecule has 614 valence electrons. The van der Waals surface area contributed by atoms with Gasteiger partial charge in [-0.05, 0) is 155 Å². The van der Waals surface area contributed by atoms with E-state index in [0.717, 1.165) is 5.39 Å². The maximum absolute atomic E-state index is 15.4. The summed E-state index contributed by atoms with van der Waals surface area (Å²) in [6.45, 7) is 5.12. The van der Waals surface area contributed by atoms with Gasteiger partial charge >= 0.3 is 0 Å². The van der Waals surface area contributed by atoms with Gasteiger partial charge in [0.05, 0.1) is 18.3 Å². The van der Waals surface area contributed by atoms with Crippen molar-refractivity contribution < 1.29 is 67.4 Å². The van der Waals surface area contributed by atoms with Crippen LogP contribution >= 0.6 is 11.6 Å². The molecule has 0 unspecified atom stereocenters. The van der Waals surface area contributed by atoms with Crippen molar-refractivity contribution in [3.8, 4) is 0 Å². The number of hydrogen-bond acceptors (Lipinski definition) is 20. The number of nitrogens with one attached hydrogen (secondary N) is 13. The van der Waals surface area contributed by atoms with Crippen molar-refractivity contribution in [2.24, 2.45) is 23.3 Å². The van der Waals surface area contributed by atoms with Crippen molar-refractivity contribution in [1.29, 1.82) is 5.41 Å². The van der Waals surface area contributed by atoms with E-state index < -0.39 is 150 Å². The Balaban J connectivity index is 1.06. The lowest BCUT2D eigenvalue weighted by atomic mass is 9.82. The number of rotatable bonds is 41. The standard InChI is InChI=1S/C79H102ClN21O14/c1-45(2)66(77(114)95-58(19-12-32-89-79(82)83)78(115)101-35-13-20-65(101)76(113)91-46(3)67(81)104)100-69(106)57(18-8-10-31-88-68(105)56-17-7-9-30-86-56)94-71(108)60(38-49-23-27-54(28-24-49)93-74(111)63-43-85-33-34-87-63)98-75(112)64(44-102)99-73(110)62(39-50-14-11-29-84-41-50)97-72(109)61(37-48-21-25-53(80)26-22-48)96-70(107)59(92-47(4)103)40-51-36-52-15-5-6-16-55(52)90-42-51/h5-7,9,11,14-17,21-22,25-26,29-30,33-34,36,41-43,45-46,49,54,57-62,64-66,102H,8,10,12-13,18-20,23-24,27-28,31-32,35,37-40,44H2,1-4H3,(H2,81,104)(H,88,105)(H,91,113)(H,92,103)(H,93,111)(H,94,108)(H,95,114)(H,96,107)(H,97,109)(H,98,112)(H,99,110)(H,100,106)(H4,82,83,89)/t46-,49?,54?,57-,58-,59-,60-,61-,62-,64-,65-,66-/m0/s1. The second-order valence-corrected chi connectivity index (χ2v) is 29.4. The van der Waals surface area contributed by atoms with Gasteiger partial charge in [0.15, 0.2) is 5.96 Å². The lowest BCUT2D eigenvalue weighted by molar-refractivity contribution is -0.142. The molecule has 1 saturated carbocycles. The van der Waals surface area contributed by atoms with Gasteiger partial charge in [-0.15, -0.1) is 0 Å². The summed E-state index contributed by atoms with van der Waals surface area (Å²) in [6, 6.07) is 9.33. The van der Waals surface area contributed by atoms with Crippen LogP contribution in [0.4, 0.5) is 0 Å². The Kier molecular flexibility index (Phi) is 34.1. The zero-order valence-corrected chi connectivity index (χ0v) is 65.3. The van der Waals surface area contributed by atoms with Gasteiger partial charge in [-0.25, -0.2) is 4.98 Å². The van der Waals surface area contributed by atoms with Gasteiger partial charge < -0.3 is 85.3 Å². The third-order valence-electron chi connectivity index (χ3n) is 19.8. The number of aliphatic hydroxyl groups is 1. The molecular formula is C79H102ClN21O14. The van der Waals surface area contributed by atoms with Crippen LogP contribution in [0.15, 0.2) is 128 Å². The average molecular weight is 1610 g/mol. The van der Waals surface area contributed by atoms with E-state index in [-0.39, 0.29) is 113 Å². The molecule has 1 aliphatic carbocycles. The minimum atomic E-state index is -1.85. The summed E-state index contributed by atoms with van der Waals surface area (Å²) in [4.78, 5) is 206. The Hall–Kier alpha value is -12.1. The minimum Gasteiger partial charge on any atom is -0.394 e. The Bertz CT molecular complexity index is 4360. The molecule has 18 N–H and O–H groups in total. The fourth-order valence-electron chi connectivity index (χ4n) is 13.5. The molecule has 2 aromatic carbocycles. The van der Waals surface area contributed by atoms with E-state index in [1.54, 1.807) is 68.6 Å². The summed E-state index contributed by atoms with van der Waals surface area (Å²) in [5, 5.41) is 52.7. The highest BCUT2D eigenvalue weighted by molar-refractivity contribution is 6.30. The number of benzene rings is 2. The topological polar surface area (TPSA) is 530 Å². The first-order valence-corrected chi connectivity index (χ1v) is 38.7. The van der Waals surface area contributed by atoms with Crippen molar-refractivity contribution >= 4 is 105 Å². The zero-order valence-electron chi connectivity index (χ0n) is 64.5. The summed E-state index contributed by atoms with van der Waals surface area (Å²) >= 11 is 6.27. The van der Waals surface area contributed by atoms with E-state index in [2.05, 4.69) is 88.7 Å². The van der Waals surface area contributed by atoms with Crippen molar-refractivity contribution in [2.75, 3.05) is 26.2 Å². The molecule has 13 amide bonds. The molecule has 4 aromatic heterocycles. The van der Waals surface area contributed by atoms with Crippen molar-refractivity contribution in [1.82, 2.24) is 93.6 Å². The quantitative estimate of drug-likeness (QED) is 0.0139. The number of carbonyl (C=O) groups is 13. The number of carbonyl (C=O) groups excluding carboxylic acids is 13. The molecular weight excluding hydrogens is 1500 g/mol. The molecule has 35 nitrogen and oxygen atoms in total. The fourth-order valence-corrected chi connectivity index (χ4v) is 13.7. The highest BCUT2D eigenvalue weighted by Gasteiger charge is 2.41. The van der Waals surface area contributed by atoms with Crippen LogP contribution in [0.1, 0.15) is 142 Å². The van der Waals surface area contributed by atoms with E-state index in [0.29, 0.717) is 59.3 Å². The monoisotopic (exact) mass is 1600 g/mol. The Morgan fingerprint density at radius 2 is 1.14 bits per heavy atom. The molecule has 1 aliphatic heterocycles. The summed E-state index contributed by atoms with van der Waals surface area (Å²) in [5.74, 6) is -11.4. The number of aliphatic hydroxyl groups excluding tert-OH is 1. The van der Waals surface area contributed by atoms with E-state index in [1.165, 1.54) is 62.0 Å². The largest absolute Gasteiger partial charge is 0.394 e. The number of hydrogen-bond donors (Lipinski definition) is 16. The number of para-hydroxylation sites is 1. The molecule has 5 heterocycles. The van der Waals surface area contributed by atoms with E-state index in [1.807, 2.05) is 30.3 Å². The van der Waals surface area contributed by atoms with Gasteiger partial charge in [0.25, 0.3) is 11.8 Å². The average Bonchev–Trinajstić information content (AvgIpc) is 1.77. The lowest BCUT2D eigenvalue weighted by Crippen LogP contribution is -2.62. The van der Waals surface area contributed by atoms with Gasteiger partial charge in [0.1, 0.15) is 71.8 Å². The molecule has 2 fully saturated rings. The number of halogens is 1.